The van der Waals surface area contributed by atoms with Gasteiger partial charge in [-0.25, -0.2) is 4.79 Å². The second-order valence-corrected chi connectivity index (χ2v) is 5.67. The number of carbonyl (C=O) groups is 1. The number of fused-ring (bicyclic) bond motifs is 1. The standard InChI is InChI=1S/C17H17N3O5/c1-10-15-13(4-3-5-14(15)25-16(10)17(21)24-2)19-18-11-6-8-12(9-7-11)20(22)23/h6-9,18H,3-5H2,1-2H3/b19-13+. The number of hydrogen-bond donors (Lipinski definition) is 1. The largest absolute Gasteiger partial charge is 0.463 e. The monoisotopic (exact) mass is 343 g/mol. The molecule has 0 amide bonds. The predicted octanol–water partition coefficient (Wildman–Crippen LogP) is 3.44. The van der Waals surface area contributed by atoms with Crippen molar-refractivity contribution in [2.45, 2.75) is 26.2 Å². The number of methoxy groups -OCH3 is 1. The van der Waals surface area contributed by atoms with Crippen LogP contribution in [0.4, 0.5) is 11.4 Å². The second-order valence-electron chi connectivity index (χ2n) is 5.67. The van der Waals surface area contributed by atoms with Gasteiger partial charge in [-0.05, 0) is 31.9 Å². The van der Waals surface area contributed by atoms with Gasteiger partial charge in [0.25, 0.3) is 5.69 Å². The van der Waals surface area contributed by atoms with Crippen LogP contribution < -0.4 is 5.43 Å². The van der Waals surface area contributed by atoms with Crippen molar-refractivity contribution in [3.8, 4) is 0 Å². The summed E-state index contributed by atoms with van der Waals surface area (Å²) >= 11 is 0. The molecule has 0 unspecified atom stereocenters. The third kappa shape index (κ3) is 3.23. The summed E-state index contributed by atoms with van der Waals surface area (Å²) in [5, 5.41) is 15.1. The average Bonchev–Trinajstić information content (AvgIpc) is 2.97. The Kier molecular flexibility index (Phi) is 4.51. The fourth-order valence-electron chi connectivity index (χ4n) is 2.86. The van der Waals surface area contributed by atoms with Crippen LogP contribution in [0.3, 0.4) is 0 Å². The summed E-state index contributed by atoms with van der Waals surface area (Å²) in [5.41, 5.74) is 5.90. The van der Waals surface area contributed by atoms with Gasteiger partial charge < -0.3 is 9.15 Å². The maximum Gasteiger partial charge on any atom is 0.374 e. The number of rotatable bonds is 4. The number of nitrogens with zero attached hydrogens (tertiary/aromatic N) is 2. The lowest BCUT2D eigenvalue weighted by Crippen LogP contribution is -2.13. The Labute approximate surface area is 143 Å². The number of aryl methyl sites for hydroxylation is 1. The van der Waals surface area contributed by atoms with E-state index in [-0.39, 0.29) is 11.4 Å². The highest BCUT2D eigenvalue weighted by atomic mass is 16.6. The molecular weight excluding hydrogens is 326 g/mol. The van der Waals surface area contributed by atoms with Crippen molar-refractivity contribution in [3.63, 3.8) is 0 Å². The highest BCUT2D eigenvalue weighted by molar-refractivity contribution is 6.06. The first-order chi connectivity index (χ1) is 12.0. The van der Waals surface area contributed by atoms with Crippen molar-refractivity contribution in [2.75, 3.05) is 12.5 Å². The minimum absolute atomic E-state index is 0.0200. The van der Waals surface area contributed by atoms with Gasteiger partial charge >= 0.3 is 5.97 Å². The molecule has 0 fully saturated rings. The number of anilines is 1. The van der Waals surface area contributed by atoms with Crippen LogP contribution in [0, 0.1) is 17.0 Å². The summed E-state index contributed by atoms with van der Waals surface area (Å²) < 4.78 is 10.4. The van der Waals surface area contributed by atoms with E-state index in [2.05, 4.69) is 10.5 Å². The Hall–Kier alpha value is -3.16. The number of nitro benzene ring substituents is 1. The van der Waals surface area contributed by atoms with Crippen molar-refractivity contribution in [3.05, 3.63) is 57.0 Å². The fourth-order valence-corrected chi connectivity index (χ4v) is 2.86. The van der Waals surface area contributed by atoms with Crippen LogP contribution >= 0.6 is 0 Å². The van der Waals surface area contributed by atoms with Crippen LogP contribution in [0.5, 0.6) is 0 Å². The van der Waals surface area contributed by atoms with Gasteiger partial charge in [-0.1, -0.05) is 0 Å². The van der Waals surface area contributed by atoms with Gasteiger partial charge in [-0.15, -0.1) is 0 Å². The molecule has 1 N–H and O–H groups in total. The zero-order valence-electron chi connectivity index (χ0n) is 13.9. The zero-order valence-corrected chi connectivity index (χ0v) is 13.9. The molecule has 0 saturated heterocycles. The molecule has 0 bridgehead atoms. The Morgan fingerprint density at radius 2 is 2.04 bits per heavy atom. The van der Waals surface area contributed by atoms with E-state index in [4.69, 9.17) is 9.15 Å². The van der Waals surface area contributed by atoms with Crippen LogP contribution in [0.2, 0.25) is 0 Å². The molecule has 130 valence electrons. The SMILES string of the molecule is COC(=O)c1oc2c(c1C)/C(=N/Nc1ccc([N+](=O)[O-])cc1)CCC2. The molecule has 3 rings (SSSR count). The number of esters is 1. The number of hydrazone groups is 1. The second kappa shape index (κ2) is 6.76. The molecule has 25 heavy (non-hydrogen) atoms. The van der Waals surface area contributed by atoms with E-state index in [1.54, 1.807) is 19.1 Å². The smallest absolute Gasteiger partial charge is 0.374 e. The van der Waals surface area contributed by atoms with Gasteiger partial charge in [-0.3, -0.25) is 15.5 Å². The van der Waals surface area contributed by atoms with Crippen molar-refractivity contribution in [1.82, 2.24) is 0 Å². The maximum atomic E-state index is 11.8. The average molecular weight is 343 g/mol. The number of ether oxygens (including phenoxy) is 1. The molecular formula is C17H17N3O5. The molecule has 8 heteroatoms. The third-order valence-corrected chi connectivity index (χ3v) is 4.09. The van der Waals surface area contributed by atoms with E-state index in [1.165, 1.54) is 19.2 Å². The number of non-ortho nitro benzene ring substituents is 1. The van der Waals surface area contributed by atoms with E-state index in [0.717, 1.165) is 36.3 Å². The van der Waals surface area contributed by atoms with E-state index in [0.29, 0.717) is 11.3 Å². The van der Waals surface area contributed by atoms with Crippen LogP contribution in [-0.2, 0) is 11.2 Å². The lowest BCUT2D eigenvalue weighted by Gasteiger charge is -2.13. The molecule has 1 aliphatic carbocycles. The van der Waals surface area contributed by atoms with Crippen molar-refractivity contribution >= 4 is 23.1 Å². The van der Waals surface area contributed by atoms with Crippen molar-refractivity contribution in [2.24, 2.45) is 5.10 Å². The maximum absolute atomic E-state index is 11.8. The molecule has 0 radical (unpaired) electrons. The summed E-state index contributed by atoms with van der Waals surface area (Å²) in [6.07, 6.45) is 2.35. The van der Waals surface area contributed by atoms with Crippen LogP contribution in [0.25, 0.3) is 0 Å². The highest BCUT2D eigenvalue weighted by Crippen LogP contribution is 2.30. The first-order valence-electron chi connectivity index (χ1n) is 7.79. The fraction of sp³-hybridized carbons (Fsp3) is 0.294. The zero-order chi connectivity index (χ0) is 18.0. The van der Waals surface area contributed by atoms with Gasteiger partial charge in [0.2, 0.25) is 5.76 Å². The van der Waals surface area contributed by atoms with Crippen LogP contribution in [0.15, 0.2) is 33.8 Å². The quantitative estimate of drug-likeness (QED) is 0.518. The summed E-state index contributed by atoms with van der Waals surface area (Å²) in [6, 6.07) is 6.00. The minimum Gasteiger partial charge on any atom is -0.463 e. The topological polar surface area (TPSA) is 107 Å². The van der Waals surface area contributed by atoms with Crippen molar-refractivity contribution in [1.29, 1.82) is 0 Å². The molecule has 2 aromatic rings. The molecule has 0 atom stereocenters. The van der Waals surface area contributed by atoms with Crippen molar-refractivity contribution < 1.29 is 18.9 Å². The number of nitro groups is 1. The molecule has 1 aromatic carbocycles. The number of benzene rings is 1. The molecule has 0 spiro atoms. The number of nitrogens with one attached hydrogen (secondary N) is 1. The summed E-state index contributed by atoms with van der Waals surface area (Å²) in [4.78, 5) is 22.0. The van der Waals surface area contributed by atoms with Gasteiger partial charge in [0.05, 0.1) is 23.4 Å². The third-order valence-electron chi connectivity index (χ3n) is 4.09. The van der Waals surface area contributed by atoms with Gasteiger partial charge in [0.15, 0.2) is 0 Å². The number of carbonyl (C=O) groups excluding carboxylic acids is 1. The lowest BCUT2D eigenvalue weighted by atomic mass is 9.93. The molecule has 0 aliphatic heterocycles. The number of furan rings is 1. The Balaban J connectivity index is 1.87. The first kappa shape index (κ1) is 16.7. The summed E-state index contributed by atoms with van der Waals surface area (Å²) in [7, 11) is 1.31. The summed E-state index contributed by atoms with van der Waals surface area (Å²) in [6.45, 7) is 1.81. The first-order valence-corrected chi connectivity index (χ1v) is 7.79. The Morgan fingerprint density at radius 1 is 1.32 bits per heavy atom. The molecule has 1 heterocycles. The molecule has 1 aliphatic rings. The van der Waals surface area contributed by atoms with Gasteiger partial charge in [0.1, 0.15) is 5.76 Å². The number of hydrogen-bond acceptors (Lipinski definition) is 7. The normalized spacial score (nSPS) is 14.9. The molecule has 0 saturated carbocycles. The van der Waals surface area contributed by atoms with Gasteiger partial charge in [0, 0.05) is 29.7 Å². The van der Waals surface area contributed by atoms with E-state index < -0.39 is 10.9 Å². The van der Waals surface area contributed by atoms with E-state index in [9.17, 15) is 14.9 Å². The van der Waals surface area contributed by atoms with Gasteiger partial charge in [-0.2, -0.15) is 5.10 Å². The molecule has 1 aromatic heterocycles. The van der Waals surface area contributed by atoms with E-state index >= 15 is 0 Å². The van der Waals surface area contributed by atoms with Crippen LogP contribution in [-0.4, -0.2) is 23.7 Å². The lowest BCUT2D eigenvalue weighted by molar-refractivity contribution is -0.384. The highest BCUT2D eigenvalue weighted by Gasteiger charge is 2.28. The Bertz CT molecular complexity index is 852. The van der Waals surface area contributed by atoms with E-state index in [1.807, 2.05) is 0 Å². The van der Waals surface area contributed by atoms with Crippen LogP contribution in [0.1, 0.15) is 40.3 Å². The Morgan fingerprint density at radius 3 is 2.68 bits per heavy atom. The predicted molar refractivity (Wildman–Crippen MR) is 91.0 cm³/mol. The molecule has 8 nitrogen and oxygen atoms in total. The minimum atomic E-state index is -0.505. The summed E-state index contributed by atoms with van der Waals surface area (Å²) in [5.74, 6) is 0.431.